The Labute approximate surface area is 114 Å². The van der Waals surface area contributed by atoms with Crippen molar-refractivity contribution in [3.63, 3.8) is 0 Å². The summed E-state index contributed by atoms with van der Waals surface area (Å²) in [5, 5.41) is 2.80. The smallest absolute Gasteiger partial charge is 0.254 e. The molecular weight excluding hydrogens is 270 g/mol. The van der Waals surface area contributed by atoms with Crippen molar-refractivity contribution in [3.05, 3.63) is 45.4 Å². The van der Waals surface area contributed by atoms with E-state index in [0.717, 1.165) is 15.6 Å². The quantitative estimate of drug-likeness (QED) is 0.904. The highest BCUT2D eigenvalue weighted by Crippen LogP contribution is 2.21. The van der Waals surface area contributed by atoms with Crippen LogP contribution in [0.2, 0.25) is 4.34 Å². The summed E-state index contributed by atoms with van der Waals surface area (Å²) in [6.07, 6.45) is 3.77. The Kier molecular flexibility index (Phi) is 4.17. The summed E-state index contributed by atoms with van der Waals surface area (Å²) in [7, 11) is 0. The highest BCUT2D eigenvalue weighted by Gasteiger charge is 2.08. The van der Waals surface area contributed by atoms with E-state index in [4.69, 9.17) is 17.3 Å². The number of nitrogens with two attached hydrogens (primary N) is 1. The first-order valence-corrected chi connectivity index (χ1v) is 6.58. The fourth-order valence-corrected chi connectivity index (χ4v) is 2.56. The molecule has 0 aliphatic carbocycles. The van der Waals surface area contributed by atoms with Gasteiger partial charge in [-0.15, -0.1) is 11.3 Å². The zero-order valence-corrected chi connectivity index (χ0v) is 11.1. The van der Waals surface area contributed by atoms with Gasteiger partial charge in [-0.3, -0.25) is 9.78 Å². The minimum Gasteiger partial charge on any atom is -0.398 e. The topological polar surface area (TPSA) is 68.0 Å². The number of rotatable bonds is 4. The minimum atomic E-state index is -0.205. The molecule has 94 valence electrons. The Hall–Kier alpha value is -1.59. The Morgan fingerprint density at radius 3 is 2.94 bits per heavy atom. The van der Waals surface area contributed by atoms with Crippen LogP contribution in [-0.4, -0.2) is 17.4 Å². The first-order chi connectivity index (χ1) is 8.66. The number of nitrogens with one attached hydrogen (secondary N) is 1. The molecule has 0 aliphatic rings. The van der Waals surface area contributed by atoms with Crippen LogP contribution in [0.1, 0.15) is 15.2 Å². The van der Waals surface area contributed by atoms with Crippen molar-refractivity contribution in [2.45, 2.75) is 6.42 Å². The van der Waals surface area contributed by atoms with Crippen LogP contribution in [0, 0.1) is 0 Å². The summed E-state index contributed by atoms with van der Waals surface area (Å²) >= 11 is 7.34. The van der Waals surface area contributed by atoms with Crippen molar-refractivity contribution in [1.82, 2.24) is 10.3 Å². The van der Waals surface area contributed by atoms with Crippen molar-refractivity contribution < 1.29 is 4.79 Å². The van der Waals surface area contributed by atoms with Crippen LogP contribution in [-0.2, 0) is 6.42 Å². The van der Waals surface area contributed by atoms with Crippen LogP contribution in [0.5, 0.6) is 0 Å². The average Bonchev–Trinajstić information content (AvgIpc) is 2.75. The third kappa shape index (κ3) is 3.21. The molecule has 2 heterocycles. The van der Waals surface area contributed by atoms with E-state index in [0.29, 0.717) is 17.8 Å². The average molecular weight is 282 g/mol. The van der Waals surface area contributed by atoms with E-state index >= 15 is 0 Å². The van der Waals surface area contributed by atoms with Gasteiger partial charge in [0.05, 0.1) is 9.90 Å². The zero-order chi connectivity index (χ0) is 13.0. The second kappa shape index (κ2) is 5.84. The van der Waals surface area contributed by atoms with E-state index in [9.17, 15) is 4.79 Å². The van der Waals surface area contributed by atoms with E-state index < -0.39 is 0 Å². The number of aromatic nitrogens is 1. The van der Waals surface area contributed by atoms with Crippen LogP contribution in [0.25, 0.3) is 0 Å². The number of hydrogen-bond donors (Lipinski definition) is 2. The molecule has 0 unspecified atom stereocenters. The predicted octanol–water partition coefficient (Wildman–Crippen LogP) is 2.35. The molecule has 4 nitrogen and oxygen atoms in total. The maximum Gasteiger partial charge on any atom is 0.254 e. The van der Waals surface area contributed by atoms with Gasteiger partial charge in [-0.1, -0.05) is 11.6 Å². The van der Waals surface area contributed by atoms with Crippen LogP contribution < -0.4 is 11.1 Å². The second-order valence-electron chi connectivity index (χ2n) is 3.67. The maximum absolute atomic E-state index is 11.8. The molecule has 0 aliphatic heterocycles. The van der Waals surface area contributed by atoms with Gasteiger partial charge in [-0.25, -0.2) is 0 Å². The van der Waals surface area contributed by atoms with Crippen LogP contribution >= 0.6 is 22.9 Å². The molecule has 2 rings (SSSR count). The molecular formula is C12H12ClN3OS. The molecule has 0 aromatic carbocycles. The Morgan fingerprint density at radius 2 is 2.28 bits per heavy atom. The number of anilines is 1. The summed E-state index contributed by atoms with van der Waals surface area (Å²) in [5.74, 6) is -0.205. The van der Waals surface area contributed by atoms with E-state index in [1.165, 1.54) is 17.5 Å². The van der Waals surface area contributed by atoms with Gasteiger partial charge >= 0.3 is 0 Å². The maximum atomic E-state index is 11.8. The second-order valence-corrected chi connectivity index (χ2v) is 5.47. The van der Waals surface area contributed by atoms with Gasteiger partial charge in [-0.05, 0) is 24.6 Å². The van der Waals surface area contributed by atoms with Gasteiger partial charge in [0.1, 0.15) is 0 Å². The SMILES string of the molecule is Nc1ccncc1C(=O)NCCc1ccc(Cl)s1. The van der Waals surface area contributed by atoms with Gasteiger partial charge in [-0.2, -0.15) is 0 Å². The van der Waals surface area contributed by atoms with Gasteiger partial charge in [0.2, 0.25) is 0 Å². The van der Waals surface area contributed by atoms with Gasteiger partial charge in [0.25, 0.3) is 5.91 Å². The summed E-state index contributed by atoms with van der Waals surface area (Å²) < 4.78 is 0.757. The summed E-state index contributed by atoms with van der Waals surface area (Å²) in [6, 6.07) is 5.41. The Morgan fingerprint density at radius 1 is 1.44 bits per heavy atom. The highest BCUT2D eigenvalue weighted by atomic mass is 35.5. The fraction of sp³-hybridized carbons (Fsp3) is 0.167. The predicted molar refractivity (Wildman–Crippen MR) is 74.0 cm³/mol. The van der Waals surface area contributed by atoms with Gasteiger partial charge in [0, 0.05) is 29.5 Å². The lowest BCUT2D eigenvalue weighted by atomic mass is 10.2. The van der Waals surface area contributed by atoms with Crippen LogP contribution in [0.3, 0.4) is 0 Å². The number of halogens is 1. The first-order valence-electron chi connectivity index (χ1n) is 5.38. The van der Waals surface area contributed by atoms with E-state index in [-0.39, 0.29) is 5.91 Å². The molecule has 0 saturated heterocycles. The van der Waals surface area contributed by atoms with Crippen molar-refractivity contribution in [2.75, 3.05) is 12.3 Å². The largest absolute Gasteiger partial charge is 0.398 e. The van der Waals surface area contributed by atoms with E-state index in [2.05, 4.69) is 10.3 Å². The number of carbonyl (C=O) groups excluding carboxylic acids is 1. The standard InChI is InChI=1S/C12H12ClN3OS/c13-11-2-1-8(18-11)3-6-16-12(17)9-7-15-5-4-10(9)14/h1-2,4-5,7H,3,6H2,(H2,14,15)(H,16,17). The lowest BCUT2D eigenvalue weighted by Gasteiger charge is -2.05. The molecule has 0 atom stereocenters. The van der Waals surface area contributed by atoms with Crippen molar-refractivity contribution in [3.8, 4) is 0 Å². The normalized spacial score (nSPS) is 10.3. The van der Waals surface area contributed by atoms with E-state index in [1.54, 1.807) is 12.3 Å². The molecule has 0 bridgehead atoms. The minimum absolute atomic E-state index is 0.205. The molecule has 0 fully saturated rings. The van der Waals surface area contributed by atoms with Gasteiger partial charge in [0.15, 0.2) is 0 Å². The molecule has 0 radical (unpaired) electrons. The number of amides is 1. The lowest BCUT2D eigenvalue weighted by Crippen LogP contribution is -2.26. The number of thiophene rings is 1. The highest BCUT2D eigenvalue weighted by molar-refractivity contribution is 7.16. The summed E-state index contributed by atoms with van der Waals surface area (Å²) in [5.41, 5.74) is 6.53. The zero-order valence-electron chi connectivity index (χ0n) is 9.52. The Balaban J connectivity index is 1.87. The van der Waals surface area contributed by atoms with Gasteiger partial charge < -0.3 is 11.1 Å². The summed E-state index contributed by atoms with van der Waals surface area (Å²) in [6.45, 7) is 0.546. The first kappa shape index (κ1) is 12.9. The van der Waals surface area contributed by atoms with E-state index in [1.807, 2.05) is 12.1 Å². The Bertz CT molecular complexity index is 556. The molecule has 6 heteroatoms. The third-order valence-corrected chi connectivity index (χ3v) is 3.68. The molecule has 2 aromatic heterocycles. The third-order valence-electron chi connectivity index (χ3n) is 2.39. The lowest BCUT2D eigenvalue weighted by molar-refractivity contribution is 0.0955. The molecule has 2 aromatic rings. The number of carbonyl (C=O) groups is 1. The molecule has 0 saturated carbocycles. The molecule has 0 spiro atoms. The number of nitrogen functional groups attached to an aromatic ring is 1. The van der Waals surface area contributed by atoms with Crippen molar-refractivity contribution in [1.29, 1.82) is 0 Å². The monoisotopic (exact) mass is 281 g/mol. The fourth-order valence-electron chi connectivity index (χ4n) is 1.48. The number of pyridine rings is 1. The number of hydrogen-bond acceptors (Lipinski definition) is 4. The summed E-state index contributed by atoms with van der Waals surface area (Å²) in [4.78, 5) is 16.8. The number of nitrogens with zero attached hydrogens (tertiary/aromatic N) is 1. The van der Waals surface area contributed by atoms with Crippen molar-refractivity contribution in [2.24, 2.45) is 0 Å². The molecule has 18 heavy (non-hydrogen) atoms. The molecule has 3 N–H and O–H groups in total. The molecule has 1 amide bonds. The van der Waals surface area contributed by atoms with Crippen molar-refractivity contribution >= 4 is 34.5 Å². The van der Waals surface area contributed by atoms with Crippen LogP contribution in [0.15, 0.2) is 30.6 Å². The van der Waals surface area contributed by atoms with Crippen LogP contribution in [0.4, 0.5) is 5.69 Å².